The number of benzene rings is 2. The molecule has 0 saturated heterocycles. The number of nitrogens with zero attached hydrogens (tertiary/aromatic N) is 1. The Hall–Kier alpha value is -2.80. The van der Waals surface area contributed by atoms with Crippen LogP contribution in [-0.4, -0.2) is 12.2 Å². The topological polar surface area (TPSA) is 70.3 Å². The molecule has 0 bridgehead atoms. The SMILES string of the molecule is N=C=O.O=C=Nc1ccccc1-c1ccccc1. The van der Waals surface area contributed by atoms with Crippen LogP contribution in [0.2, 0.25) is 0 Å². The molecule has 0 saturated carbocycles. The highest BCUT2D eigenvalue weighted by atomic mass is 16.1. The van der Waals surface area contributed by atoms with Crippen LogP contribution in [0.4, 0.5) is 5.69 Å². The Morgan fingerprint density at radius 2 is 1.44 bits per heavy atom. The summed E-state index contributed by atoms with van der Waals surface area (Å²) in [5.74, 6) is 0. The summed E-state index contributed by atoms with van der Waals surface area (Å²) >= 11 is 0. The lowest BCUT2D eigenvalue weighted by molar-refractivity contribution is 0.562. The zero-order valence-corrected chi connectivity index (χ0v) is 9.46. The van der Waals surface area contributed by atoms with Crippen molar-refractivity contribution in [3.05, 3.63) is 54.6 Å². The molecule has 0 atom stereocenters. The summed E-state index contributed by atoms with van der Waals surface area (Å²) in [4.78, 5) is 22.3. The van der Waals surface area contributed by atoms with E-state index in [1.54, 1.807) is 12.1 Å². The molecular formula is C14H10N2O2. The van der Waals surface area contributed by atoms with Gasteiger partial charge >= 0.3 is 0 Å². The van der Waals surface area contributed by atoms with Crippen LogP contribution in [0.25, 0.3) is 11.1 Å². The van der Waals surface area contributed by atoms with Crippen molar-refractivity contribution < 1.29 is 9.59 Å². The zero-order chi connectivity index (χ0) is 13.2. The van der Waals surface area contributed by atoms with E-state index in [1.165, 1.54) is 0 Å². The molecular weight excluding hydrogens is 228 g/mol. The van der Waals surface area contributed by atoms with Crippen molar-refractivity contribution in [1.29, 1.82) is 5.41 Å². The Labute approximate surface area is 104 Å². The van der Waals surface area contributed by atoms with Crippen LogP contribution in [0.3, 0.4) is 0 Å². The van der Waals surface area contributed by atoms with Crippen LogP contribution in [0.5, 0.6) is 0 Å². The summed E-state index contributed by atoms with van der Waals surface area (Å²) in [6.07, 6.45) is 2.32. The lowest BCUT2D eigenvalue weighted by atomic mass is 10.0. The van der Waals surface area contributed by atoms with Crippen LogP contribution in [0.1, 0.15) is 0 Å². The van der Waals surface area contributed by atoms with E-state index < -0.39 is 0 Å². The Bertz CT molecular complexity index is 582. The fourth-order valence-corrected chi connectivity index (χ4v) is 1.48. The van der Waals surface area contributed by atoms with Gasteiger partial charge in [-0.25, -0.2) is 15.0 Å². The maximum absolute atomic E-state index is 10.3. The number of para-hydroxylation sites is 1. The van der Waals surface area contributed by atoms with E-state index in [1.807, 2.05) is 48.5 Å². The van der Waals surface area contributed by atoms with Crippen molar-refractivity contribution in [1.82, 2.24) is 0 Å². The minimum absolute atomic E-state index is 0.652. The molecule has 0 aliphatic carbocycles. The molecule has 0 heterocycles. The number of hydrogen-bond acceptors (Lipinski definition) is 4. The van der Waals surface area contributed by atoms with E-state index >= 15 is 0 Å². The predicted molar refractivity (Wildman–Crippen MR) is 68.1 cm³/mol. The van der Waals surface area contributed by atoms with E-state index in [0.717, 1.165) is 17.2 Å². The highest BCUT2D eigenvalue weighted by molar-refractivity contribution is 5.77. The summed E-state index contributed by atoms with van der Waals surface area (Å²) in [5.41, 5.74) is 2.65. The minimum Gasteiger partial charge on any atom is -0.222 e. The number of nitrogens with one attached hydrogen (secondary N) is 1. The van der Waals surface area contributed by atoms with Gasteiger partial charge in [0.2, 0.25) is 12.2 Å². The maximum Gasteiger partial charge on any atom is 0.240 e. The molecule has 0 aromatic heterocycles. The summed E-state index contributed by atoms with van der Waals surface area (Å²) < 4.78 is 0. The molecule has 1 N–H and O–H groups in total. The molecule has 4 nitrogen and oxygen atoms in total. The van der Waals surface area contributed by atoms with Crippen LogP contribution in [-0.2, 0) is 9.59 Å². The van der Waals surface area contributed by atoms with Crippen LogP contribution in [0.15, 0.2) is 59.6 Å². The smallest absolute Gasteiger partial charge is 0.222 e. The first-order valence-corrected chi connectivity index (χ1v) is 5.09. The second-order valence-electron chi connectivity index (χ2n) is 3.19. The second-order valence-corrected chi connectivity index (χ2v) is 3.19. The first kappa shape index (κ1) is 13.3. The molecule has 2 aromatic rings. The van der Waals surface area contributed by atoms with Crippen molar-refractivity contribution in [2.45, 2.75) is 0 Å². The van der Waals surface area contributed by atoms with Gasteiger partial charge in [0, 0.05) is 5.56 Å². The molecule has 0 aliphatic rings. The third kappa shape index (κ3) is 3.65. The Morgan fingerprint density at radius 1 is 0.889 bits per heavy atom. The molecule has 0 fully saturated rings. The summed E-state index contributed by atoms with van der Waals surface area (Å²) in [5, 5.41) is 5.40. The van der Waals surface area contributed by atoms with Gasteiger partial charge in [0.05, 0.1) is 5.69 Å². The quantitative estimate of drug-likeness (QED) is 0.644. The minimum atomic E-state index is 0.652. The molecule has 2 rings (SSSR count). The Morgan fingerprint density at radius 3 is 2.06 bits per heavy atom. The maximum atomic E-state index is 10.3. The average molecular weight is 238 g/mol. The van der Waals surface area contributed by atoms with Crippen molar-refractivity contribution in [3.8, 4) is 11.1 Å². The average Bonchev–Trinajstić information content (AvgIpc) is 2.42. The highest BCUT2D eigenvalue weighted by Gasteiger charge is 2.01. The van der Waals surface area contributed by atoms with Crippen molar-refractivity contribution in [2.75, 3.05) is 0 Å². The van der Waals surface area contributed by atoms with Gasteiger partial charge in [-0.1, -0.05) is 48.5 Å². The number of carbonyl (C=O) groups excluding carboxylic acids is 2. The first-order chi connectivity index (χ1) is 8.83. The molecule has 0 spiro atoms. The predicted octanol–water partition coefficient (Wildman–Crippen LogP) is 3.22. The molecule has 0 unspecified atom stereocenters. The van der Waals surface area contributed by atoms with Gasteiger partial charge in [-0.05, 0) is 11.6 Å². The van der Waals surface area contributed by atoms with Crippen LogP contribution >= 0.6 is 0 Å². The van der Waals surface area contributed by atoms with Crippen LogP contribution in [0, 0.1) is 5.41 Å². The molecule has 0 radical (unpaired) electrons. The van der Waals surface area contributed by atoms with E-state index in [0.29, 0.717) is 5.69 Å². The molecule has 4 heteroatoms. The van der Waals surface area contributed by atoms with Gasteiger partial charge in [0.15, 0.2) is 0 Å². The lowest BCUT2D eigenvalue weighted by Gasteiger charge is -2.03. The third-order valence-corrected chi connectivity index (χ3v) is 2.15. The molecule has 2 aromatic carbocycles. The second kappa shape index (κ2) is 7.47. The van der Waals surface area contributed by atoms with Gasteiger partial charge in [0.1, 0.15) is 0 Å². The Balaban J connectivity index is 0.000000492. The number of rotatable bonds is 2. The van der Waals surface area contributed by atoms with Gasteiger partial charge in [-0.2, -0.15) is 4.99 Å². The fourth-order valence-electron chi connectivity index (χ4n) is 1.48. The number of aliphatic imine (C=N–C) groups is 1. The summed E-state index contributed by atoms with van der Waals surface area (Å²) in [6.45, 7) is 0. The zero-order valence-electron chi connectivity index (χ0n) is 9.46. The van der Waals surface area contributed by atoms with Crippen molar-refractivity contribution in [3.63, 3.8) is 0 Å². The first-order valence-electron chi connectivity index (χ1n) is 5.09. The van der Waals surface area contributed by atoms with Gasteiger partial charge in [-0.3, -0.25) is 0 Å². The fraction of sp³-hybridized carbons (Fsp3) is 0. The third-order valence-electron chi connectivity index (χ3n) is 2.15. The van der Waals surface area contributed by atoms with Gasteiger partial charge in [-0.15, -0.1) is 0 Å². The summed E-state index contributed by atoms with van der Waals surface area (Å²) in [7, 11) is 0. The normalized spacial score (nSPS) is 8.22. The molecule has 0 amide bonds. The van der Waals surface area contributed by atoms with Gasteiger partial charge < -0.3 is 0 Å². The van der Waals surface area contributed by atoms with Crippen molar-refractivity contribution >= 4 is 17.8 Å². The lowest BCUT2D eigenvalue weighted by Crippen LogP contribution is -1.77. The van der Waals surface area contributed by atoms with Crippen molar-refractivity contribution in [2.24, 2.45) is 4.99 Å². The van der Waals surface area contributed by atoms with Crippen LogP contribution < -0.4 is 0 Å². The van der Waals surface area contributed by atoms with Gasteiger partial charge in [0.25, 0.3) is 0 Å². The highest BCUT2D eigenvalue weighted by Crippen LogP contribution is 2.29. The van der Waals surface area contributed by atoms with E-state index in [-0.39, 0.29) is 0 Å². The Kier molecular flexibility index (Phi) is 5.50. The molecule has 18 heavy (non-hydrogen) atoms. The standard InChI is InChI=1S/C13H9NO.CHNO/c15-10-14-13-9-5-4-8-12(13)11-6-2-1-3-7-11;2-1-3/h1-9H;2H. The largest absolute Gasteiger partial charge is 0.240 e. The molecule has 0 aliphatic heterocycles. The van der Waals surface area contributed by atoms with E-state index in [4.69, 9.17) is 10.2 Å². The summed E-state index contributed by atoms with van der Waals surface area (Å²) in [6, 6.07) is 17.3. The molecule has 88 valence electrons. The number of hydrogen-bond donors (Lipinski definition) is 1. The van der Waals surface area contributed by atoms with E-state index in [2.05, 4.69) is 4.99 Å². The van der Waals surface area contributed by atoms with E-state index in [9.17, 15) is 4.79 Å². The number of isocyanates is 2. The monoisotopic (exact) mass is 238 g/mol.